The third kappa shape index (κ3) is 4.11. The van der Waals surface area contributed by atoms with Crippen LogP contribution in [0, 0.1) is 5.92 Å². The molecule has 0 aromatic heterocycles. The molecular formula is C12H19NO3S. The zero-order chi connectivity index (χ0) is 12.9. The van der Waals surface area contributed by atoms with Crippen LogP contribution in [0.2, 0.25) is 0 Å². The first-order valence-electron chi connectivity index (χ1n) is 5.65. The molecule has 0 spiro atoms. The van der Waals surface area contributed by atoms with E-state index >= 15 is 0 Å². The Morgan fingerprint density at radius 1 is 1.24 bits per heavy atom. The van der Waals surface area contributed by atoms with Gasteiger partial charge in [-0.25, -0.2) is 13.1 Å². The van der Waals surface area contributed by atoms with Crippen LogP contribution in [-0.2, 0) is 10.0 Å². The van der Waals surface area contributed by atoms with Gasteiger partial charge in [0.1, 0.15) is 0 Å². The zero-order valence-electron chi connectivity index (χ0n) is 10.1. The van der Waals surface area contributed by atoms with E-state index in [1.54, 1.807) is 30.3 Å². The van der Waals surface area contributed by atoms with Crippen molar-refractivity contribution in [3.63, 3.8) is 0 Å². The molecule has 5 heteroatoms. The molecule has 0 amide bonds. The van der Waals surface area contributed by atoms with Gasteiger partial charge < -0.3 is 5.11 Å². The molecule has 1 aromatic carbocycles. The fourth-order valence-corrected chi connectivity index (χ4v) is 2.97. The van der Waals surface area contributed by atoms with Crippen molar-refractivity contribution < 1.29 is 13.5 Å². The van der Waals surface area contributed by atoms with Crippen molar-refractivity contribution >= 4 is 10.0 Å². The van der Waals surface area contributed by atoms with Crippen LogP contribution in [0.25, 0.3) is 0 Å². The highest BCUT2D eigenvalue weighted by Crippen LogP contribution is 2.12. The van der Waals surface area contributed by atoms with E-state index in [0.29, 0.717) is 6.42 Å². The Kier molecular flexibility index (Phi) is 5.11. The first-order valence-corrected chi connectivity index (χ1v) is 7.14. The number of nitrogens with one attached hydrogen (secondary N) is 1. The smallest absolute Gasteiger partial charge is 0.240 e. The molecule has 4 nitrogen and oxygen atoms in total. The number of aliphatic hydroxyl groups excluding tert-OH is 1. The highest BCUT2D eigenvalue weighted by atomic mass is 32.2. The van der Waals surface area contributed by atoms with Crippen LogP contribution in [0.1, 0.15) is 20.3 Å². The Bertz CT molecular complexity index is 428. The van der Waals surface area contributed by atoms with Crippen molar-refractivity contribution in [3.05, 3.63) is 30.3 Å². The van der Waals surface area contributed by atoms with E-state index in [1.165, 1.54) is 0 Å². The molecule has 1 unspecified atom stereocenters. The van der Waals surface area contributed by atoms with Gasteiger partial charge in [-0.2, -0.15) is 0 Å². The van der Waals surface area contributed by atoms with Crippen molar-refractivity contribution in [2.45, 2.75) is 31.2 Å². The number of hydrogen-bond acceptors (Lipinski definition) is 3. The minimum atomic E-state index is -3.49. The van der Waals surface area contributed by atoms with Crippen LogP contribution in [0.3, 0.4) is 0 Å². The van der Waals surface area contributed by atoms with Crippen molar-refractivity contribution in [2.24, 2.45) is 5.92 Å². The Labute approximate surface area is 103 Å². The summed E-state index contributed by atoms with van der Waals surface area (Å²) in [5.41, 5.74) is 0. The first-order chi connectivity index (χ1) is 7.97. The van der Waals surface area contributed by atoms with Gasteiger partial charge in [-0.1, -0.05) is 32.0 Å². The normalized spacial score (nSPS) is 13.9. The van der Waals surface area contributed by atoms with Gasteiger partial charge >= 0.3 is 0 Å². The van der Waals surface area contributed by atoms with Crippen molar-refractivity contribution in [1.29, 1.82) is 0 Å². The number of sulfonamides is 1. The van der Waals surface area contributed by atoms with Crippen LogP contribution in [0.5, 0.6) is 0 Å². The van der Waals surface area contributed by atoms with E-state index in [2.05, 4.69) is 4.72 Å². The van der Waals surface area contributed by atoms with Crippen LogP contribution in [0.4, 0.5) is 0 Å². The summed E-state index contributed by atoms with van der Waals surface area (Å²) < 4.78 is 26.7. The molecule has 0 saturated carbocycles. The molecule has 0 heterocycles. The van der Waals surface area contributed by atoms with Crippen LogP contribution < -0.4 is 4.72 Å². The van der Waals surface area contributed by atoms with Gasteiger partial charge in [-0.05, 0) is 24.5 Å². The second-order valence-electron chi connectivity index (χ2n) is 4.30. The molecule has 0 bridgehead atoms. The lowest BCUT2D eigenvalue weighted by atomic mass is 10.0. The average Bonchev–Trinajstić information content (AvgIpc) is 2.29. The van der Waals surface area contributed by atoms with E-state index in [0.717, 1.165) is 0 Å². The number of aliphatic hydroxyl groups is 1. The molecule has 1 atom stereocenters. The third-order valence-corrected chi connectivity index (χ3v) is 4.11. The van der Waals surface area contributed by atoms with Gasteiger partial charge in [0.05, 0.1) is 4.90 Å². The van der Waals surface area contributed by atoms with E-state index < -0.39 is 10.0 Å². The molecule has 0 aliphatic carbocycles. The summed E-state index contributed by atoms with van der Waals surface area (Å²) >= 11 is 0. The van der Waals surface area contributed by atoms with E-state index in [1.807, 2.05) is 13.8 Å². The summed E-state index contributed by atoms with van der Waals surface area (Å²) in [6.45, 7) is 3.82. The summed E-state index contributed by atoms with van der Waals surface area (Å²) in [6, 6.07) is 8.00. The van der Waals surface area contributed by atoms with Gasteiger partial charge in [0.15, 0.2) is 0 Å². The lowest BCUT2D eigenvalue weighted by molar-refractivity contribution is 0.256. The van der Waals surface area contributed by atoms with Crippen molar-refractivity contribution in [3.8, 4) is 0 Å². The highest BCUT2D eigenvalue weighted by molar-refractivity contribution is 7.89. The Morgan fingerprint density at radius 3 is 2.29 bits per heavy atom. The lowest BCUT2D eigenvalue weighted by Crippen LogP contribution is -2.39. The SMILES string of the molecule is CC(C)C(CCO)NS(=O)(=O)c1ccccc1. The molecular weight excluding hydrogens is 238 g/mol. The zero-order valence-corrected chi connectivity index (χ0v) is 10.9. The second-order valence-corrected chi connectivity index (χ2v) is 6.01. The summed E-state index contributed by atoms with van der Waals surface area (Å²) in [4.78, 5) is 0.253. The quantitative estimate of drug-likeness (QED) is 0.809. The maximum absolute atomic E-state index is 12.0. The van der Waals surface area contributed by atoms with Gasteiger partial charge in [-0.15, -0.1) is 0 Å². The molecule has 0 aliphatic rings. The largest absolute Gasteiger partial charge is 0.396 e. The standard InChI is InChI=1S/C12H19NO3S/c1-10(2)12(8-9-14)13-17(15,16)11-6-4-3-5-7-11/h3-7,10,12-14H,8-9H2,1-2H3. The summed E-state index contributed by atoms with van der Waals surface area (Å²) in [6.07, 6.45) is 0.420. The van der Waals surface area contributed by atoms with Gasteiger partial charge in [0.2, 0.25) is 10.0 Å². The van der Waals surface area contributed by atoms with E-state index in [4.69, 9.17) is 5.11 Å². The summed E-state index contributed by atoms with van der Waals surface area (Å²) in [7, 11) is -3.49. The fourth-order valence-electron chi connectivity index (χ4n) is 1.53. The molecule has 17 heavy (non-hydrogen) atoms. The monoisotopic (exact) mass is 257 g/mol. The Morgan fingerprint density at radius 2 is 1.82 bits per heavy atom. The molecule has 0 aliphatic heterocycles. The maximum Gasteiger partial charge on any atom is 0.240 e. The van der Waals surface area contributed by atoms with Crippen LogP contribution >= 0.6 is 0 Å². The minimum absolute atomic E-state index is 0.0276. The van der Waals surface area contributed by atoms with Gasteiger partial charge in [0.25, 0.3) is 0 Å². The van der Waals surface area contributed by atoms with Crippen LogP contribution in [0.15, 0.2) is 35.2 Å². The van der Waals surface area contributed by atoms with Crippen molar-refractivity contribution in [1.82, 2.24) is 4.72 Å². The maximum atomic E-state index is 12.0. The Hall–Kier alpha value is -0.910. The topological polar surface area (TPSA) is 66.4 Å². The van der Waals surface area contributed by atoms with E-state index in [-0.39, 0.29) is 23.5 Å². The highest BCUT2D eigenvalue weighted by Gasteiger charge is 2.21. The minimum Gasteiger partial charge on any atom is -0.396 e. The number of benzene rings is 1. The van der Waals surface area contributed by atoms with Crippen LogP contribution in [-0.4, -0.2) is 26.2 Å². The predicted octanol–water partition coefficient (Wildman–Crippen LogP) is 1.37. The molecule has 0 radical (unpaired) electrons. The number of rotatable bonds is 6. The van der Waals surface area contributed by atoms with E-state index in [9.17, 15) is 8.42 Å². The summed E-state index contributed by atoms with van der Waals surface area (Å²) in [5.74, 6) is 0.139. The fraction of sp³-hybridized carbons (Fsp3) is 0.500. The average molecular weight is 257 g/mol. The summed E-state index contributed by atoms with van der Waals surface area (Å²) in [5, 5.41) is 8.92. The van der Waals surface area contributed by atoms with Crippen molar-refractivity contribution in [2.75, 3.05) is 6.61 Å². The predicted molar refractivity (Wildman–Crippen MR) is 67.1 cm³/mol. The Balaban J connectivity index is 2.85. The molecule has 1 rings (SSSR count). The molecule has 0 saturated heterocycles. The second kappa shape index (κ2) is 6.14. The number of hydrogen-bond donors (Lipinski definition) is 2. The van der Waals surface area contributed by atoms with Gasteiger partial charge in [-0.3, -0.25) is 0 Å². The molecule has 1 aromatic rings. The van der Waals surface area contributed by atoms with Gasteiger partial charge in [0, 0.05) is 12.6 Å². The first kappa shape index (κ1) is 14.2. The molecule has 0 fully saturated rings. The molecule has 2 N–H and O–H groups in total. The molecule has 96 valence electrons. The third-order valence-electron chi connectivity index (χ3n) is 2.60. The lowest BCUT2D eigenvalue weighted by Gasteiger charge is -2.21.